The number of nitrogens with zero attached hydrogens (tertiary/aromatic N) is 3. The predicted molar refractivity (Wildman–Crippen MR) is 94.9 cm³/mol. The molecule has 0 atom stereocenters. The molecule has 0 amide bonds. The zero-order valence-corrected chi connectivity index (χ0v) is 14.9. The van der Waals surface area contributed by atoms with Crippen molar-refractivity contribution in [3.05, 3.63) is 32.8 Å². The number of rotatable bonds is 5. The first-order valence-electron chi connectivity index (χ1n) is 7.43. The van der Waals surface area contributed by atoms with Crippen LogP contribution in [0.2, 0.25) is 0 Å². The molecule has 0 aromatic carbocycles. The maximum atomic E-state index is 4.63. The van der Waals surface area contributed by atoms with E-state index in [0.29, 0.717) is 5.92 Å². The highest BCUT2D eigenvalue weighted by Gasteiger charge is 2.14. The van der Waals surface area contributed by atoms with Crippen molar-refractivity contribution in [2.45, 2.75) is 40.7 Å². The molecule has 0 spiro atoms. The molecule has 0 aliphatic rings. The molecule has 0 radical (unpaired) electrons. The molecule has 4 nitrogen and oxygen atoms in total. The molecule has 6 heteroatoms. The van der Waals surface area contributed by atoms with Gasteiger partial charge in [0.1, 0.15) is 16.5 Å². The number of thiophene rings is 1. The molecule has 0 fully saturated rings. The van der Waals surface area contributed by atoms with Crippen LogP contribution in [0.3, 0.4) is 0 Å². The van der Waals surface area contributed by atoms with Crippen molar-refractivity contribution in [3.8, 4) is 0 Å². The van der Waals surface area contributed by atoms with Gasteiger partial charge in [-0.15, -0.1) is 22.7 Å². The van der Waals surface area contributed by atoms with E-state index >= 15 is 0 Å². The summed E-state index contributed by atoms with van der Waals surface area (Å²) >= 11 is 3.43. The SMILES string of the molecule is Cc1nc(NCc2cnc(C)s2)c2c(CC(C)C)csc2n1. The molecule has 22 heavy (non-hydrogen) atoms. The standard InChI is InChI=1S/C16H20N4S2/c1-9(2)5-12-8-21-16-14(12)15(19-10(3)20-16)18-7-13-6-17-11(4)22-13/h6,8-9H,5,7H2,1-4H3,(H,18,19,20). The fourth-order valence-electron chi connectivity index (χ4n) is 2.48. The summed E-state index contributed by atoms with van der Waals surface area (Å²) in [7, 11) is 0. The lowest BCUT2D eigenvalue weighted by Crippen LogP contribution is -2.04. The number of fused-ring (bicyclic) bond motifs is 1. The summed E-state index contributed by atoms with van der Waals surface area (Å²) in [5.74, 6) is 2.38. The molecule has 3 rings (SSSR count). The third-order valence-corrected chi connectivity index (χ3v) is 5.18. The average Bonchev–Trinajstić information content (AvgIpc) is 3.02. The number of aromatic nitrogens is 3. The van der Waals surface area contributed by atoms with E-state index in [2.05, 4.69) is 39.5 Å². The Hall–Kier alpha value is -1.53. The maximum absolute atomic E-state index is 4.63. The highest BCUT2D eigenvalue weighted by atomic mass is 32.1. The molecule has 3 aromatic heterocycles. The summed E-state index contributed by atoms with van der Waals surface area (Å²) in [4.78, 5) is 15.8. The Kier molecular flexibility index (Phi) is 4.40. The summed E-state index contributed by atoms with van der Waals surface area (Å²) in [5, 5.41) is 7.99. The van der Waals surface area contributed by atoms with Crippen LogP contribution in [0.4, 0.5) is 5.82 Å². The number of anilines is 1. The number of nitrogens with one attached hydrogen (secondary N) is 1. The molecule has 1 N–H and O–H groups in total. The van der Waals surface area contributed by atoms with Crippen LogP contribution < -0.4 is 5.32 Å². The Bertz CT molecular complexity index is 789. The molecule has 0 saturated heterocycles. The topological polar surface area (TPSA) is 50.7 Å². The van der Waals surface area contributed by atoms with E-state index in [9.17, 15) is 0 Å². The minimum absolute atomic E-state index is 0.621. The summed E-state index contributed by atoms with van der Waals surface area (Å²) in [5.41, 5.74) is 1.35. The Balaban J connectivity index is 1.94. The fraction of sp³-hybridized carbons (Fsp3) is 0.438. The number of hydrogen-bond donors (Lipinski definition) is 1. The summed E-state index contributed by atoms with van der Waals surface area (Å²) in [6.45, 7) is 9.22. The van der Waals surface area contributed by atoms with Crippen molar-refractivity contribution in [1.29, 1.82) is 0 Å². The largest absolute Gasteiger partial charge is 0.364 e. The highest BCUT2D eigenvalue weighted by Crippen LogP contribution is 2.32. The molecular formula is C16H20N4S2. The van der Waals surface area contributed by atoms with Gasteiger partial charge in [-0.05, 0) is 37.1 Å². The molecule has 3 heterocycles. The van der Waals surface area contributed by atoms with Gasteiger partial charge in [-0.25, -0.2) is 15.0 Å². The lowest BCUT2D eigenvalue weighted by atomic mass is 10.0. The second-order valence-corrected chi connectivity index (χ2v) is 8.04. The Morgan fingerprint density at radius 1 is 1.23 bits per heavy atom. The van der Waals surface area contributed by atoms with E-state index in [-0.39, 0.29) is 0 Å². The second-order valence-electron chi connectivity index (χ2n) is 5.86. The summed E-state index contributed by atoms with van der Waals surface area (Å²) in [6.07, 6.45) is 2.99. The van der Waals surface area contributed by atoms with Gasteiger partial charge < -0.3 is 5.32 Å². The Morgan fingerprint density at radius 2 is 2.05 bits per heavy atom. The van der Waals surface area contributed by atoms with Gasteiger partial charge in [0.25, 0.3) is 0 Å². The van der Waals surface area contributed by atoms with Crippen LogP contribution in [0.1, 0.15) is 35.1 Å². The van der Waals surface area contributed by atoms with E-state index in [4.69, 9.17) is 0 Å². The maximum Gasteiger partial charge on any atom is 0.139 e. The quantitative estimate of drug-likeness (QED) is 0.743. The van der Waals surface area contributed by atoms with Crippen molar-refractivity contribution in [1.82, 2.24) is 15.0 Å². The minimum atomic E-state index is 0.621. The molecule has 0 aliphatic heterocycles. The first kappa shape index (κ1) is 15.4. The van der Waals surface area contributed by atoms with Gasteiger partial charge >= 0.3 is 0 Å². The van der Waals surface area contributed by atoms with E-state index in [1.165, 1.54) is 15.8 Å². The van der Waals surface area contributed by atoms with Gasteiger partial charge in [0.15, 0.2) is 0 Å². The number of aryl methyl sites for hydroxylation is 2. The fourth-order valence-corrected chi connectivity index (χ4v) is 4.22. The van der Waals surface area contributed by atoms with Gasteiger partial charge in [-0.3, -0.25) is 0 Å². The van der Waals surface area contributed by atoms with Crippen molar-refractivity contribution in [2.75, 3.05) is 5.32 Å². The van der Waals surface area contributed by atoms with Crippen LogP contribution in [0.5, 0.6) is 0 Å². The Morgan fingerprint density at radius 3 is 2.73 bits per heavy atom. The normalized spacial score (nSPS) is 11.5. The van der Waals surface area contributed by atoms with Crippen molar-refractivity contribution < 1.29 is 0 Å². The van der Waals surface area contributed by atoms with E-state index in [0.717, 1.165) is 34.4 Å². The van der Waals surface area contributed by atoms with Crippen molar-refractivity contribution in [2.24, 2.45) is 5.92 Å². The zero-order chi connectivity index (χ0) is 15.7. The molecule has 116 valence electrons. The average molecular weight is 332 g/mol. The predicted octanol–water partition coefficient (Wildman–Crippen LogP) is 4.58. The molecule has 0 bridgehead atoms. The van der Waals surface area contributed by atoms with Crippen LogP contribution in [0.15, 0.2) is 11.6 Å². The van der Waals surface area contributed by atoms with Crippen LogP contribution in [-0.4, -0.2) is 15.0 Å². The molecule has 0 aliphatic carbocycles. The van der Waals surface area contributed by atoms with E-state index in [1.54, 1.807) is 22.7 Å². The monoisotopic (exact) mass is 332 g/mol. The Labute approximate surface area is 138 Å². The van der Waals surface area contributed by atoms with Crippen molar-refractivity contribution in [3.63, 3.8) is 0 Å². The third-order valence-electron chi connectivity index (χ3n) is 3.35. The molecule has 0 unspecified atom stereocenters. The first-order valence-corrected chi connectivity index (χ1v) is 9.12. The van der Waals surface area contributed by atoms with Gasteiger partial charge in [-0.1, -0.05) is 13.8 Å². The molecule has 3 aromatic rings. The van der Waals surface area contributed by atoms with Crippen molar-refractivity contribution >= 4 is 38.7 Å². The summed E-state index contributed by atoms with van der Waals surface area (Å²) < 4.78 is 0. The zero-order valence-electron chi connectivity index (χ0n) is 13.3. The van der Waals surface area contributed by atoms with Crippen LogP contribution in [0, 0.1) is 19.8 Å². The third kappa shape index (κ3) is 3.28. The van der Waals surface area contributed by atoms with E-state index < -0.39 is 0 Å². The highest BCUT2D eigenvalue weighted by molar-refractivity contribution is 7.17. The first-order chi connectivity index (χ1) is 10.5. The van der Waals surface area contributed by atoms with Gasteiger partial charge in [0.2, 0.25) is 0 Å². The number of thiazole rings is 1. The summed E-state index contributed by atoms with van der Waals surface area (Å²) in [6, 6.07) is 0. The molecule has 0 saturated carbocycles. The van der Waals surface area contributed by atoms with Gasteiger partial charge in [0.05, 0.1) is 16.9 Å². The lowest BCUT2D eigenvalue weighted by Gasteiger charge is -2.09. The van der Waals surface area contributed by atoms with Crippen LogP contribution in [-0.2, 0) is 13.0 Å². The number of hydrogen-bond acceptors (Lipinski definition) is 6. The van der Waals surface area contributed by atoms with Crippen LogP contribution >= 0.6 is 22.7 Å². The van der Waals surface area contributed by atoms with Gasteiger partial charge in [0, 0.05) is 11.1 Å². The lowest BCUT2D eigenvalue weighted by molar-refractivity contribution is 0.651. The molecular weight excluding hydrogens is 312 g/mol. The smallest absolute Gasteiger partial charge is 0.139 e. The minimum Gasteiger partial charge on any atom is -0.364 e. The van der Waals surface area contributed by atoms with Gasteiger partial charge in [-0.2, -0.15) is 0 Å². The second kappa shape index (κ2) is 6.30. The van der Waals surface area contributed by atoms with E-state index in [1.807, 2.05) is 20.0 Å². The van der Waals surface area contributed by atoms with Crippen LogP contribution in [0.25, 0.3) is 10.2 Å².